The lowest BCUT2D eigenvalue weighted by atomic mass is 10.1. The van der Waals surface area contributed by atoms with E-state index in [4.69, 9.17) is 14.7 Å². The summed E-state index contributed by atoms with van der Waals surface area (Å²) < 4.78 is 12.4. The molecule has 9 nitrogen and oxygen atoms in total. The summed E-state index contributed by atoms with van der Waals surface area (Å²) in [5.74, 6) is 0.543. The molecule has 0 radical (unpaired) electrons. The number of nitrogens with zero attached hydrogens (tertiary/aromatic N) is 4. The van der Waals surface area contributed by atoms with Crippen LogP contribution < -0.4 is 5.32 Å². The monoisotopic (exact) mass is 803 g/mol. The van der Waals surface area contributed by atoms with Crippen molar-refractivity contribution in [3.05, 3.63) is 0 Å². The van der Waals surface area contributed by atoms with E-state index in [1.807, 2.05) is 25.2 Å². The Balaban J connectivity index is 4.40. The molecule has 1 unspecified atom stereocenters. The van der Waals surface area contributed by atoms with Gasteiger partial charge in [0.25, 0.3) is 0 Å². The second-order valence-corrected chi connectivity index (χ2v) is 14.7. The van der Waals surface area contributed by atoms with E-state index in [0.29, 0.717) is 32.0 Å². The second kappa shape index (κ2) is 36.2. The number of unbranched alkanes of at least 4 members (excludes halogenated alkanes) is 14. The Morgan fingerprint density at radius 2 is 1.24 bits per heavy atom. The van der Waals surface area contributed by atoms with Crippen molar-refractivity contribution in [2.45, 2.75) is 174 Å². The number of carbonyl (C=O) groups excluding carboxylic acids is 2. The quantitative estimate of drug-likeness (QED) is 0.0100. The summed E-state index contributed by atoms with van der Waals surface area (Å²) in [7, 11) is 3.77. The van der Waals surface area contributed by atoms with Gasteiger partial charge in [0.05, 0.1) is 6.61 Å². The molecule has 0 saturated heterocycles. The van der Waals surface area contributed by atoms with Gasteiger partial charge >= 0.3 is 11.9 Å². The number of carbonyl (C=O) groups is 2. The van der Waals surface area contributed by atoms with Gasteiger partial charge < -0.3 is 19.3 Å². The molecule has 0 bridgehead atoms. The molecule has 1 atom stereocenters. The fraction of sp³-hybridized carbons (Fsp3) is 0.897. The van der Waals surface area contributed by atoms with Crippen LogP contribution in [0.25, 0.3) is 0 Å². The number of ether oxygens (including phenoxy) is 2. The van der Waals surface area contributed by atoms with Gasteiger partial charge in [0.15, 0.2) is 6.19 Å². The average Bonchev–Trinajstić information content (AvgIpc) is 3.08. The summed E-state index contributed by atoms with van der Waals surface area (Å²) in [6.45, 7) is 8.81. The summed E-state index contributed by atoms with van der Waals surface area (Å²) >= 11 is 2.40. The molecule has 0 spiro atoms. The Morgan fingerprint density at radius 3 is 1.86 bits per heavy atom. The highest BCUT2D eigenvalue weighted by Crippen LogP contribution is 2.16. The van der Waals surface area contributed by atoms with Gasteiger partial charge in [0.1, 0.15) is 6.10 Å². The zero-order valence-corrected chi connectivity index (χ0v) is 34.2. The largest absolute Gasteiger partial charge is 0.466 e. The Kier molecular flexibility index (Phi) is 35.0. The van der Waals surface area contributed by atoms with Crippen LogP contribution in [0.5, 0.6) is 0 Å². The SMILES string of the molecule is CCCCCCCOC(=O)CCCCCCCN(CCCCCCCC(=O)OC(CCCI)CCCCC)CCCN=C(NC#N)N(C)C. The number of guanidine groups is 1. The van der Waals surface area contributed by atoms with Crippen LogP contribution in [0.4, 0.5) is 0 Å². The van der Waals surface area contributed by atoms with E-state index in [2.05, 4.69) is 51.6 Å². The zero-order valence-electron chi connectivity index (χ0n) is 32.1. The van der Waals surface area contributed by atoms with Crippen LogP contribution in [0.2, 0.25) is 0 Å². The van der Waals surface area contributed by atoms with E-state index in [-0.39, 0.29) is 18.0 Å². The number of rotatable bonds is 34. The fourth-order valence-corrected chi connectivity index (χ4v) is 6.27. The smallest absolute Gasteiger partial charge is 0.306 e. The van der Waals surface area contributed by atoms with Gasteiger partial charge in [-0.05, 0) is 88.3 Å². The van der Waals surface area contributed by atoms with Gasteiger partial charge in [-0.3, -0.25) is 19.9 Å². The van der Waals surface area contributed by atoms with Gasteiger partial charge in [0.2, 0.25) is 5.96 Å². The highest BCUT2D eigenvalue weighted by molar-refractivity contribution is 14.1. The Labute approximate surface area is 315 Å². The van der Waals surface area contributed by atoms with Crippen LogP contribution in [-0.4, -0.2) is 85.1 Å². The molecule has 10 heteroatoms. The van der Waals surface area contributed by atoms with Crippen LogP contribution in [0, 0.1) is 11.5 Å². The first-order chi connectivity index (χ1) is 23.9. The van der Waals surface area contributed by atoms with Crippen LogP contribution in [0.3, 0.4) is 0 Å². The molecule has 286 valence electrons. The Morgan fingerprint density at radius 1 is 0.714 bits per heavy atom. The van der Waals surface area contributed by atoms with E-state index in [1.54, 1.807) is 0 Å². The summed E-state index contributed by atoms with van der Waals surface area (Å²) in [6.07, 6.45) is 27.5. The van der Waals surface area contributed by atoms with E-state index in [9.17, 15) is 9.59 Å². The number of nitrogens with one attached hydrogen (secondary N) is 1. The predicted octanol–water partition coefficient (Wildman–Crippen LogP) is 9.57. The molecule has 0 aromatic carbocycles. The van der Waals surface area contributed by atoms with E-state index < -0.39 is 0 Å². The maximum Gasteiger partial charge on any atom is 0.306 e. The van der Waals surface area contributed by atoms with Crippen LogP contribution in [-0.2, 0) is 19.1 Å². The summed E-state index contributed by atoms with van der Waals surface area (Å²) in [6, 6.07) is 0. The molecular weight excluding hydrogens is 729 g/mol. The number of hydrogen-bond acceptors (Lipinski definition) is 7. The lowest BCUT2D eigenvalue weighted by Crippen LogP contribution is -2.34. The minimum atomic E-state index is -0.0414. The van der Waals surface area contributed by atoms with E-state index >= 15 is 0 Å². The molecule has 0 aromatic rings. The lowest BCUT2D eigenvalue weighted by Gasteiger charge is -2.22. The van der Waals surface area contributed by atoms with Crippen molar-refractivity contribution in [3.63, 3.8) is 0 Å². The molecule has 0 heterocycles. The first-order valence-corrected chi connectivity index (χ1v) is 21.4. The topological polar surface area (TPSA) is 107 Å². The third kappa shape index (κ3) is 32.1. The molecule has 0 amide bonds. The average molecular weight is 804 g/mol. The molecule has 0 fully saturated rings. The standard InChI is InChI=1S/C39H74IN5O4/c1-5-7-9-16-22-34-48-37(46)27-18-12-10-14-20-31-45(33-24-30-42-39(43-35-41)44(3)4)32-21-15-11-13-19-28-38(47)49-36(26-23-29-40)25-17-8-6-2/h36H,5-34H2,1-4H3,(H,42,43). The lowest BCUT2D eigenvalue weighted by molar-refractivity contribution is -0.150. The molecule has 0 rings (SSSR count). The Hall–Kier alpha value is -1.61. The highest BCUT2D eigenvalue weighted by Gasteiger charge is 2.14. The molecular formula is C39H74IN5O4. The van der Waals surface area contributed by atoms with Crippen molar-refractivity contribution in [2.75, 3.05) is 51.3 Å². The summed E-state index contributed by atoms with van der Waals surface area (Å²) in [5.41, 5.74) is 0. The van der Waals surface area contributed by atoms with Crippen molar-refractivity contribution in [2.24, 2.45) is 4.99 Å². The van der Waals surface area contributed by atoms with E-state index in [0.717, 1.165) is 120 Å². The van der Waals surface area contributed by atoms with Gasteiger partial charge in [-0.2, -0.15) is 5.26 Å². The van der Waals surface area contributed by atoms with Gasteiger partial charge in [-0.15, -0.1) is 0 Å². The normalized spacial score (nSPS) is 12.1. The van der Waals surface area contributed by atoms with Crippen molar-refractivity contribution in [1.82, 2.24) is 15.1 Å². The predicted molar refractivity (Wildman–Crippen MR) is 213 cm³/mol. The maximum absolute atomic E-state index is 12.5. The van der Waals surface area contributed by atoms with E-state index in [1.165, 1.54) is 44.9 Å². The van der Waals surface area contributed by atoms with Crippen LogP contribution in [0.15, 0.2) is 4.99 Å². The zero-order chi connectivity index (χ0) is 36.2. The minimum Gasteiger partial charge on any atom is -0.466 e. The van der Waals surface area contributed by atoms with Crippen LogP contribution >= 0.6 is 22.6 Å². The molecule has 1 N–H and O–H groups in total. The summed E-state index contributed by atoms with van der Waals surface area (Å²) in [5, 5.41) is 11.6. The number of halogens is 1. The van der Waals surface area contributed by atoms with Crippen LogP contribution in [0.1, 0.15) is 168 Å². The fourth-order valence-electron chi connectivity index (χ4n) is 5.83. The third-order valence-corrected chi connectivity index (χ3v) is 9.56. The first-order valence-electron chi connectivity index (χ1n) is 19.9. The molecule has 0 aromatic heterocycles. The van der Waals surface area contributed by atoms with Crippen molar-refractivity contribution < 1.29 is 19.1 Å². The van der Waals surface area contributed by atoms with Gasteiger partial charge in [0, 0.05) is 33.5 Å². The minimum absolute atomic E-state index is 0.0146. The molecule has 0 aliphatic rings. The number of esters is 2. The van der Waals surface area contributed by atoms with Gasteiger partial charge in [-0.25, -0.2) is 0 Å². The molecule has 0 saturated carbocycles. The maximum atomic E-state index is 12.5. The third-order valence-electron chi connectivity index (χ3n) is 8.79. The number of nitriles is 1. The summed E-state index contributed by atoms with van der Waals surface area (Å²) in [4.78, 5) is 33.4. The highest BCUT2D eigenvalue weighted by atomic mass is 127. The van der Waals surface area contributed by atoms with Crippen molar-refractivity contribution in [1.29, 1.82) is 5.26 Å². The number of hydrogen-bond donors (Lipinski definition) is 1. The molecule has 0 aliphatic carbocycles. The number of alkyl halides is 1. The molecule has 0 aliphatic heterocycles. The first kappa shape index (κ1) is 47.4. The molecule has 49 heavy (non-hydrogen) atoms. The van der Waals surface area contributed by atoms with Gasteiger partial charge in [-0.1, -0.05) is 113 Å². The van der Waals surface area contributed by atoms with Crippen molar-refractivity contribution in [3.8, 4) is 6.19 Å². The number of aliphatic imine (C=N–C) groups is 1. The van der Waals surface area contributed by atoms with Crippen molar-refractivity contribution >= 4 is 40.5 Å². The Bertz CT molecular complexity index is 852. The second-order valence-electron chi connectivity index (χ2n) is 13.6.